The van der Waals surface area contributed by atoms with Crippen LogP contribution in [0.3, 0.4) is 0 Å². The van der Waals surface area contributed by atoms with Crippen LogP contribution in [0.1, 0.15) is 25.7 Å². The largest absolute Gasteiger partial charge is 0.390 e. The van der Waals surface area contributed by atoms with Crippen LogP contribution in [-0.2, 0) is 6.54 Å². The molecule has 0 saturated heterocycles. The van der Waals surface area contributed by atoms with Crippen LogP contribution < -0.4 is 5.32 Å². The van der Waals surface area contributed by atoms with Crippen LogP contribution in [0.15, 0.2) is 12.4 Å². The van der Waals surface area contributed by atoms with E-state index in [-0.39, 0.29) is 12.2 Å². The lowest BCUT2D eigenvalue weighted by molar-refractivity contribution is -0.385. The van der Waals surface area contributed by atoms with E-state index in [0.717, 1.165) is 11.8 Å². The molecule has 0 aliphatic heterocycles. The number of aromatic nitrogens is 2. The summed E-state index contributed by atoms with van der Waals surface area (Å²) in [6.07, 6.45) is 7.21. The molecule has 2 fully saturated rings. The second-order valence-electron chi connectivity index (χ2n) is 6.02. The van der Waals surface area contributed by atoms with Crippen molar-refractivity contribution in [3.8, 4) is 0 Å². The molecular formula is C13H20N4O3. The summed E-state index contributed by atoms with van der Waals surface area (Å²) in [5.41, 5.74) is -0.0433. The Bertz CT molecular complexity index is 490. The maximum atomic E-state index is 10.6. The van der Waals surface area contributed by atoms with Gasteiger partial charge in [0.15, 0.2) is 0 Å². The number of aliphatic hydroxyl groups excluding tert-OH is 1. The molecule has 7 nitrogen and oxygen atoms in total. The maximum absolute atomic E-state index is 10.6. The number of rotatable bonds is 6. The SMILES string of the molecule is O=[N+]([O-])c1cnn(CC(O)CNC2CC3CCC2C3)c1. The summed E-state index contributed by atoms with van der Waals surface area (Å²) in [6, 6.07) is 0.537. The zero-order chi connectivity index (χ0) is 14.1. The lowest BCUT2D eigenvalue weighted by Gasteiger charge is -2.24. The summed E-state index contributed by atoms with van der Waals surface area (Å²) >= 11 is 0. The molecule has 1 aromatic heterocycles. The van der Waals surface area contributed by atoms with Gasteiger partial charge >= 0.3 is 5.69 Å². The quantitative estimate of drug-likeness (QED) is 0.597. The normalized spacial score (nSPS) is 29.8. The van der Waals surface area contributed by atoms with E-state index in [1.807, 2.05) is 0 Å². The standard InChI is InChI=1S/C13H20N4O3/c18-12(8-16-7-11(5-15-16)17(19)20)6-14-13-4-9-1-2-10(13)3-9/h5,7,9-10,12-14,18H,1-4,6,8H2. The van der Waals surface area contributed by atoms with Crippen LogP contribution in [0.2, 0.25) is 0 Å². The van der Waals surface area contributed by atoms with Crippen LogP contribution in [0.25, 0.3) is 0 Å². The molecule has 3 rings (SSSR count). The van der Waals surface area contributed by atoms with Crippen LogP contribution in [0.5, 0.6) is 0 Å². The summed E-state index contributed by atoms with van der Waals surface area (Å²) in [6.45, 7) is 0.795. The van der Waals surface area contributed by atoms with Crippen molar-refractivity contribution in [1.82, 2.24) is 15.1 Å². The topological polar surface area (TPSA) is 93.2 Å². The fourth-order valence-electron chi connectivity index (χ4n) is 3.61. The molecule has 0 spiro atoms. The average Bonchev–Trinajstić information content (AvgIpc) is 3.11. The average molecular weight is 280 g/mol. The third-order valence-corrected chi connectivity index (χ3v) is 4.58. The second-order valence-corrected chi connectivity index (χ2v) is 6.02. The Morgan fingerprint density at radius 1 is 1.55 bits per heavy atom. The van der Waals surface area contributed by atoms with Crippen molar-refractivity contribution in [3.05, 3.63) is 22.5 Å². The first-order chi connectivity index (χ1) is 9.61. The lowest BCUT2D eigenvalue weighted by Crippen LogP contribution is -2.40. The molecule has 2 bridgehead atoms. The monoisotopic (exact) mass is 280 g/mol. The molecular weight excluding hydrogens is 260 g/mol. The molecule has 110 valence electrons. The molecule has 1 aromatic rings. The van der Waals surface area contributed by atoms with Gasteiger partial charge in [0.1, 0.15) is 12.4 Å². The van der Waals surface area contributed by atoms with Crippen LogP contribution in [0.4, 0.5) is 5.69 Å². The van der Waals surface area contributed by atoms with Gasteiger partial charge in [-0.3, -0.25) is 14.8 Å². The molecule has 0 aromatic carbocycles. The first kappa shape index (κ1) is 13.5. The summed E-state index contributed by atoms with van der Waals surface area (Å²) in [5.74, 6) is 1.65. The highest BCUT2D eigenvalue weighted by Crippen LogP contribution is 2.44. The van der Waals surface area contributed by atoms with Crippen molar-refractivity contribution in [3.63, 3.8) is 0 Å². The smallest absolute Gasteiger partial charge is 0.306 e. The van der Waals surface area contributed by atoms with Crippen molar-refractivity contribution in [2.24, 2.45) is 11.8 Å². The highest BCUT2D eigenvalue weighted by Gasteiger charge is 2.39. The zero-order valence-electron chi connectivity index (χ0n) is 11.3. The van der Waals surface area contributed by atoms with Crippen molar-refractivity contribution in [2.75, 3.05) is 6.54 Å². The third-order valence-electron chi connectivity index (χ3n) is 4.58. The number of nitrogens with one attached hydrogen (secondary N) is 1. The van der Waals surface area contributed by atoms with E-state index in [0.29, 0.717) is 12.6 Å². The van der Waals surface area contributed by atoms with E-state index >= 15 is 0 Å². The molecule has 20 heavy (non-hydrogen) atoms. The Labute approximate surface area is 117 Å². The van der Waals surface area contributed by atoms with Gasteiger partial charge in [-0.15, -0.1) is 0 Å². The number of hydrogen-bond acceptors (Lipinski definition) is 5. The van der Waals surface area contributed by atoms with Gasteiger partial charge in [0.25, 0.3) is 0 Å². The van der Waals surface area contributed by atoms with Crippen molar-refractivity contribution in [1.29, 1.82) is 0 Å². The molecule has 1 heterocycles. The third kappa shape index (κ3) is 2.83. The second kappa shape index (κ2) is 5.49. The maximum Gasteiger partial charge on any atom is 0.306 e. The Hall–Kier alpha value is -1.47. The molecule has 0 radical (unpaired) electrons. The number of fused-ring (bicyclic) bond motifs is 2. The van der Waals surface area contributed by atoms with E-state index in [1.54, 1.807) is 0 Å². The Kier molecular flexibility index (Phi) is 3.71. The molecule has 0 amide bonds. The molecule has 2 aliphatic rings. The summed E-state index contributed by atoms with van der Waals surface area (Å²) in [5, 5.41) is 27.9. The van der Waals surface area contributed by atoms with Gasteiger partial charge in [-0.25, -0.2) is 0 Å². The minimum Gasteiger partial charge on any atom is -0.390 e. The fourth-order valence-corrected chi connectivity index (χ4v) is 3.61. The molecule has 2 aliphatic carbocycles. The summed E-state index contributed by atoms with van der Waals surface area (Å²) in [4.78, 5) is 10.1. The van der Waals surface area contributed by atoms with Gasteiger partial charge in [-0.2, -0.15) is 5.10 Å². The molecule has 7 heteroatoms. The number of nitrogens with zero attached hydrogens (tertiary/aromatic N) is 3. The predicted octanol–water partition coefficient (Wildman–Crippen LogP) is 0.930. The number of nitro groups is 1. The van der Waals surface area contributed by atoms with Crippen molar-refractivity contribution >= 4 is 5.69 Å². The molecule has 4 atom stereocenters. The lowest BCUT2D eigenvalue weighted by atomic mass is 9.95. The summed E-state index contributed by atoms with van der Waals surface area (Å²) < 4.78 is 1.42. The minimum absolute atomic E-state index is 0.0433. The summed E-state index contributed by atoms with van der Waals surface area (Å²) in [7, 11) is 0. The van der Waals surface area contributed by atoms with Gasteiger partial charge in [0.2, 0.25) is 0 Å². The van der Waals surface area contributed by atoms with Gasteiger partial charge in [-0.1, -0.05) is 6.42 Å². The number of hydrogen-bond donors (Lipinski definition) is 2. The van der Waals surface area contributed by atoms with E-state index in [4.69, 9.17) is 0 Å². The molecule has 2 saturated carbocycles. The van der Waals surface area contributed by atoms with Crippen LogP contribution in [0, 0.1) is 22.0 Å². The van der Waals surface area contributed by atoms with Gasteiger partial charge in [0, 0.05) is 12.6 Å². The fraction of sp³-hybridized carbons (Fsp3) is 0.769. The Morgan fingerprint density at radius 3 is 3.00 bits per heavy atom. The van der Waals surface area contributed by atoms with Crippen LogP contribution >= 0.6 is 0 Å². The van der Waals surface area contributed by atoms with Crippen molar-refractivity contribution < 1.29 is 10.0 Å². The van der Waals surface area contributed by atoms with E-state index in [9.17, 15) is 15.2 Å². The van der Waals surface area contributed by atoms with Gasteiger partial charge < -0.3 is 10.4 Å². The minimum atomic E-state index is -0.575. The Balaban J connectivity index is 1.45. The van der Waals surface area contributed by atoms with E-state index in [2.05, 4.69) is 10.4 Å². The Morgan fingerprint density at radius 2 is 2.40 bits per heavy atom. The zero-order valence-corrected chi connectivity index (χ0v) is 11.3. The number of aliphatic hydroxyl groups is 1. The first-order valence-electron chi connectivity index (χ1n) is 7.20. The van der Waals surface area contributed by atoms with Gasteiger partial charge in [0.05, 0.1) is 17.6 Å². The highest BCUT2D eigenvalue weighted by molar-refractivity contribution is 5.20. The van der Waals surface area contributed by atoms with Crippen molar-refractivity contribution in [2.45, 2.75) is 44.4 Å². The van der Waals surface area contributed by atoms with E-state index in [1.165, 1.54) is 42.8 Å². The van der Waals surface area contributed by atoms with Crippen LogP contribution in [-0.4, -0.2) is 38.5 Å². The van der Waals surface area contributed by atoms with E-state index < -0.39 is 11.0 Å². The predicted molar refractivity (Wildman–Crippen MR) is 72.1 cm³/mol. The first-order valence-corrected chi connectivity index (χ1v) is 7.20. The highest BCUT2D eigenvalue weighted by atomic mass is 16.6. The molecule has 4 unspecified atom stereocenters. The molecule has 2 N–H and O–H groups in total. The van der Waals surface area contributed by atoms with Gasteiger partial charge in [-0.05, 0) is 31.1 Å².